The molecule has 0 aliphatic heterocycles. The zero-order valence-electron chi connectivity index (χ0n) is 10.4. The molecule has 2 N–H and O–H groups in total. The molecule has 96 valence electrons. The lowest BCUT2D eigenvalue weighted by molar-refractivity contribution is 0.179. The van der Waals surface area contributed by atoms with E-state index in [2.05, 4.69) is 0 Å². The Balaban J connectivity index is 2.27. The number of hydrogen-bond donors (Lipinski definition) is 1. The third kappa shape index (κ3) is 2.89. The molecule has 0 saturated heterocycles. The van der Waals surface area contributed by atoms with Crippen LogP contribution in [0, 0.1) is 12.7 Å². The zero-order chi connectivity index (χ0) is 13.1. The van der Waals surface area contributed by atoms with E-state index in [1.54, 1.807) is 17.4 Å². The maximum Gasteiger partial charge on any atom is 0.139 e. The van der Waals surface area contributed by atoms with Gasteiger partial charge in [-0.1, -0.05) is 6.07 Å². The van der Waals surface area contributed by atoms with Crippen molar-refractivity contribution in [3.05, 3.63) is 52.0 Å². The van der Waals surface area contributed by atoms with Crippen molar-refractivity contribution in [2.45, 2.75) is 26.0 Å². The Bertz CT molecular complexity index is 511. The number of nitrogens with two attached hydrogens (primary N) is 1. The van der Waals surface area contributed by atoms with Crippen molar-refractivity contribution in [1.29, 1.82) is 0 Å². The molecule has 2 rings (SSSR count). The van der Waals surface area contributed by atoms with Crippen LogP contribution >= 0.6 is 11.3 Å². The molecule has 2 atom stereocenters. The summed E-state index contributed by atoms with van der Waals surface area (Å²) in [5.41, 5.74) is 7.88. The standard InChI is InChI=1S/C14H16FNOS/c1-9-3-4-12(15)7-13(9)17-14(10(2)16)11-5-6-18-8-11/h3-8,10,14H,16H2,1-2H3. The zero-order valence-corrected chi connectivity index (χ0v) is 11.2. The lowest BCUT2D eigenvalue weighted by atomic mass is 10.1. The van der Waals surface area contributed by atoms with Crippen molar-refractivity contribution in [2.24, 2.45) is 5.73 Å². The first kappa shape index (κ1) is 13.1. The summed E-state index contributed by atoms with van der Waals surface area (Å²) >= 11 is 1.59. The third-order valence-corrected chi connectivity index (χ3v) is 3.45. The quantitative estimate of drug-likeness (QED) is 0.915. The monoisotopic (exact) mass is 265 g/mol. The van der Waals surface area contributed by atoms with Gasteiger partial charge in [0.2, 0.25) is 0 Å². The molecule has 0 bridgehead atoms. The second kappa shape index (κ2) is 5.50. The molecule has 0 aliphatic carbocycles. The highest BCUT2D eigenvalue weighted by Crippen LogP contribution is 2.28. The second-order valence-corrected chi connectivity index (χ2v) is 5.14. The summed E-state index contributed by atoms with van der Waals surface area (Å²) < 4.78 is 19.1. The largest absolute Gasteiger partial charge is 0.484 e. The van der Waals surface area contributed by atoms with E-state index in [0.717, 1.165) is 11.1 Å². The molecule has 4 heteroatoms. The Hall–Kier alpha value is -1.39. The molecule has 1 aromatic heterocycles. The molecule has 0 spiro atoms. The number of halogens is 1. The summed E-state index contributed by atoms with van der Waals surface area (Å²) in [5.74, 6) is 0.243. The summed E-state index contributed by atoms with van der Waals surface area (Å²) in [6.07, 6.45) is -0.253. The minimum atomic E-state index is -0.302. The smallest absolute Gasteiger partial charge is 0.139 e. The summed E-state index contributed by atoms with van der Waals surface area (Å²) in [5, 5.41) is 3.98. The predicted molar refractivity (Wildman–Crippen MR) is 72.5 cm³/mol. The van der Waals surface area contributed by atoms with Gasteiger partial charge in [-0.25, -0.2) is 4.39 Å². The number of thiophene rings is 1. The van der Waals surface area contributed by atoms with E-state index in [-0.39, 0.29) is 18.0 Å². The fraction of sp³-hybridized carbons (Fsp3) is 0.286. The molecule has 0 amide bonds. The molecule has 2 aromatic rings. The fourth-order valence-electron chi connectivity index (χ4n) is 1.75. The lowest BCUT2D eigenvalue weighted by Gasteiger charge is -2.22. The van der Waals surface area contributed by atoms with Gasteiger partial charge in [0.25, 0.3) is 0 Å². The highest BCUT2D eigenvalue weighted by Gasteiger charge is 2.19. The van der Waals surface area contributed by atoms with Crippen molar-refractivity contribution in [3.63, 3.8) is 0 Å². The first-order valence-corrected chi connectivity index (χ1v) is 6.72. The number of hydrogen-bond acceptors (Lipinski definition) is 3. The van der Waals surface area contributed by atoms with Crippen LogP contribution in [0.15, 0.2) is 35.0 Å². The highest BCUT2D eigenvalue weighted by atomic mass is 32.1. The van der Waals surface area contributed by atoms with Gasteiger partial charge in [0, 0.05) is 17.7 Å². The Kier molecular flexibility index (Phi) is 3.99. The lowest BCUT2D eigenvalue weighted by Crippen LogP contribution is -2.28. The van der Waals surface area contributed by atoms with E-state index in [0.29, 0.717) is 5.75 Å². The SMILES string of the molecule is Cc1ccc(F)cc1OC(c1ccsc1)C(C)N. The van der Waals surface area contributed by atoms with E-state index in [4.69, 9.17) is 10.5 Å². The molecular formula is C14H16FNOS. The van der Waals surface area contributed by atoms with E-state index in [1.165, 1.54) is 12.1 Å². The summed E-state index contributed by atoms with van der Waals surface area (Å²) in [7, 11) is 0. The van der Waals surface area contributed by atoms with Gasteiger partial charge in [-0.2, -0.15) is 11.3 Å². The van der Waals surface area contributed by atoms with Crippen LogP contribution in [0.5, 0.6) is 5.75 Å². The number of aryl methyl sites for hydroxylation is 1. The maximum absolute atomic E-state index is 13.2. The van der Waals surface area contributed by atoms with E-state index < -0.39 is 0 Å². The van der Waals surface area contributed by atoms with Crippen LogP contribution in [0.3, 0.4) is 0 Å². The van der Waals surface area contributed by atoms with Crippen LogP contribution < -0.4 is 10.5 Å². The molecular weight excluding hydrogens is 249 g/mol. The number of ether oxygens (including phenoxy) is 1. The molecule has 2 nitrogen and oxygen atoms in total. The van der Waals surface area contributed by atoms with E-state index in [1.807, 2.05) is 30.7 Å². The van der Waals surface area contributed by atoms with Gasteiger partial charge < -0.3 is 10.5 Å². The van der Waals surface area contributed by atoms with Crippen LogP contribution in [0.2, 0.25) is 0 Å². The van der Waals surface area contributed by atoms with Gasteiger partial charge in [-0.15, -0.1) is 0 Å². The molecule has 0 radical (unpaired) electrons. The minimum absolute atomic E-state index is 0.165. The topological polar surface area (TPSA) is 35.2 Å². The summed E-state index contributed by atoms with van der Waals surface area (Å²) in [4.78, 5) is 0. The van der Waals surface area contributed by atoms with Crippen molar-refractivity contribution < 1.29 is 9.13 Å². The first-order chi connectivity index (χ1) is 8.58. The number of rotatable bonds is 4. The molecule has 18 heavy (non-hydrogen) atoms. The van der Waals surface area contributed by atoms with Crippen LogP contribution in [-0.2, 0) is 0 Å². The van der Waals surface area contributed by atoms with Gasteiger partial charge in [0.05, 0.1) is 0 Å². The Labute approximate surface area is 110 Å². The van der Waals surface area contributed by atoms with Gasteiger partial charge in [-0.05, 0) is 42.3 Å². The summed E-state index contributed by atoms with van der Waals surface area (Å²) in [6.45, 7) is 3.78. The van der Waals surface area contributed by atoms with Crippen LogP contribution in [-0.4, -0.2) is 6.04 Å². The van der Waals surface area contributed by atoms with E-state index >= 15 is 0 Å². The van der Waals surface area contributed by atoms with Crippen molar-refractivity contribution in [2.75, 3.05) is 0 Å². The fourth-order valence-corrected chi connectivity index (χ4v) is 2.44. The number of benzene rings is 1. The van der Waals surface area contributed by atoms with Gasteiger partial charge in [0.1, 0.15) is 17.7 Å². The molecule has 1 heterocycles. The van der Waals surface area contributed by atoms with Gasteiger partial charge in [-0.3, -0.25) is 0 Å². The van der Waals surface area contributed by atoms with Crippen LogP contribution in [0.1, 0.15) is 24.2 Å². The van der Waals surface area contributed by atoms with E-state index in [9.17, 15) is 4.39 Å². The van der Waals surface area contributed by atoms with Crippen LogP contribution in [0.4, 0.5) is 4.39 Å². The predicted octanol–water partition coefficient (Wildman–Crippen LogP) is 3.66. The molecule has 0 fully saturated rings. The molecule has 1 aromatic carbocycles. The third-order valence-electron chi connectivity index (χ3n) is 2.75. The normalized spacial score (nSPS) is 14.2. The minimum Gasteiger partial charge on any atom is -0.484 e. The van der Waals surface area contributed by atoms with Crippen LogP contribution in [0.25, 0.3) is 0 Å². The average Bonchev–Trinajstić information content (AvgIpc) is 2.83. The summed E-state index contributed by atoms with van der Waals surface area (Å²) in [6, 6.07) is 6.34. The average molecular weight is 265 g/mol. The Morgan fingerprint density at radius 1 is 1.33 bits per heavy atom. The Morgan fingerprint density at radius 2 is 2.11 bits per heavy atom. The second-order valence-electron chi connectivity index (χ2n) is 4.36. The molecule has 0 saturated carbocycles. The molecule has 0 aliphatic rings. The Morgan fingerprint density at radius 3 is 2.72 bits per heavy atom. The molecule has 2 unspecified atom stereocenters. The first-order valence-electron chi connectivity index (χ1n) is 5.78. The van der Waals surface area contributed by atoms with Crippen molar-refractivity contribution >= 4 is 11.3 Å². The highest BCUT2D eigenvalue weighted by molar-refractivity contribution is 7.07. The van der Waals surface area contributed by atoms with Crippen molar-refractivity contribution in [1.82, 2.24) is 0 Å². The maximum atomic E-state index is 13.2. The van der Waals surface area contributed by atoms with Crippen molar-refractivity contribution in [3.8, 4) is 5.75 Å². The van der Waals surface area contributed by atoms with Gasteiger partial charge >= 0.3 is 0 Å². The van der Waals surface area contributed by atoms with Gasteiger partial charge in [0.15, 0.2) is 0 Å².